The Morgan fingerprint density at radius 2 is 1.70 bits per heavy atom. The quantitative estimate of drug-likeness (QED) is 0.735. The smallest absolute Gasteiger partial charge is 0.218 e. The van der Waals surface area contributed by atoms with Crippen LogP contribution < -0.4 is 10.6 Å². The van der Waals surface area contributed by atoms with Gasteiger partial charge in [-0.05, 0) is 12.1 Å². The third-order valence-electron chi connectivity index (χ3n) is 2.90. The molecular weight excluding hydrogens is 274 g/mol. The van der Waals surface area contributed by atoms with E-state index in [2.05, 4.69) is 4.99 Å². The molecule has 0 spiro atoms. The highest BCUT2D eigenvalue weighted by atomic mass is 19.2. The fourth-order valence-electron chi connectivity index (χ4n) is 1.91. The number of halogens is 4. The summed E-state index contributed by atoms with van der Waals surface area (Å²) in [5.74, 6) is -4.21. The maximum atomic E-state index is 13.6. The van der Waals surface area contributed by atoms with Gasteiger partial charge in [-0.1, -0.05) is 12.1 Å². The Labute approximate surface area is 110 Å². The molecule has 0 aromatic heterocycles. The van der Waals surface area contributed by atoms with Crippen molar-refractivity contribution >= 4 is 6.26 Å². The molecule has 0 amide bonds. The van der Waals surface area contributed by atoms with Gasteiger partial charge < -0.3 is 4.74 Å². The Kier molecular flexibility index (Phi) is 2.93. The molecule has 20 heavy (non-hydrogen) atoms. The van der Waals surface area contributed by atoms with Crippen molar-refractivity contribution in [2.75, 3.05) is 0 Å². The summed E-state index contributed by atoms with van der Waals surface area (Å²) < 4.78 is 58.1. The summed E-state index contributed by atoms with van der Waals surface area (Å²) in [6, 6.07) is 5.40. The summed E-state index contributed by atoms with van der Waals surface area (Å²) in [6.07, 6.45) is 0.00270. The fraction of sp³-hybridized carbons (Fsp3) is 0.0714. The van der Waals surface area contributed by atoms with Crippen LogP contribution in [0.25, 0.3) is 6.26 Å². The molecule has 1 aliphatic heterocycles. The molecule has 1 atom stereocenters. The highest BCUT2D eigenvalue weighted by Gasteiger charge is 2.20. The number of hydrogen-bond donors (Lipinski definition) is 0. The van der Waals surface area contributed by atoms with Crippen molar-refractivity contribution in [1.29, 1.82) is 0 Å². The molecule has 2 aromatic carbocycles. The normalized spacial score (nSPS) is 16.7. The third kappa shape index (κ3) is 2.03. The number of hydrogen-bond acceptors (Lipinski definition) is 2. The predicted molar refractivity (Wildman–Crippen MR) is 61.8 cm³/mol. The lowest BCUT2D eigenvalue weighted by Crippen LogP contribution is -2.31. The van der Waals surface area contributed by atoms with E-state index in [4.69, 9.17) is 4.74 Å². The average molecular weight is 281 g/mol. The summed E-state index contributed by atoms with van der Waals surface area (Å²) in [6.45, 7) is 0. The van der Waals surface area contributed by atoms with Crippen molar-refractivity contribution in [3.63, 3.8) is 0 Å². The Morgan fingerprint density at radius 3 is 2.50 bits per heavy atom. The van der Waals surface area contributed by atoms with E-state index in [1.165, 1.54) is 12.1 Å². The molecule has 0 fully saturated rings. The van der Waals surface area contributed by atoms with Crippen molar-refractivity contribution in [2.24, 2.45) is 4.99 Å². The SMILES string of the molecule is Fc1cc2c(cc1F)=NC(c1cccc(F)c1F)OC=2. The Hall–Kier alpha value is -2.37. The predicted octanol–water partition coefficient (Wildman–Crippen LogP) is 2.33. The minimum atomic E-state index is -1.14. The Balaban J connectivity index is 2.13. The molecule has 6 heteroatoms. The highest BCUT2D eigenvalue weighted by Crippen LogP contribution is 2.24. The van der Waals surface area contributed by atoms with Gasteiger partial charge >= 0.3 is 0 Å². The van der Waals surface area contributed by atoms with E-state index < -0.39 is 29.5 Å². The molecule has 0 saturated carbocycles. The minimum Gasteiger partial charge on any atom is -0.471 e. The molecular formula is C14H7F4NO. The van der Waals surface area contributed by atoms with E-state index in [9.17, 15) is 17.6 Å². The number of nitrogens with zero attached hydrogens (tertiary/aromatic N) is 1. The number of benzene rings is 2. The van der Waals surface area contributed by atoms with Gasteiger partial charge in [0, 0.05) is 11.3 Å². The minimum absolute atomic E-state index is 0.114. The van der Waals surface area contributed by atoms with Gasteiger partial charge in [-0.25, -0.2) is 22.6 Å². The first-order valence-corrected chi connectivity index (χ1v) is 5.69. The van der Waals surface area contributed by atoms with Crippen LogP contribution in [-0.4, -0.2) is 0 Å². The van der Waals surface area contributed by atoms with E-state index in [1.807, 2.05) is 0 Å². The second-order valence-corrected chi connectivity index (χ2v) is 4.20. The zero-order valence-corrected chi connectivity index (χ0v) is 9.91. The van der Waals surface area contributed by atoms with Crippen LogP contribution >= 0.6 is 0 Å². The second-order valence-electron chi connectivity index (χ2n) is 4.20. The molecule has 0 N–H and O–H groups in total. The standard InChI is InChI=1S/C14H7F4NO/c15-9-3-1-2-8(13(9)18)14-19-12-5-11(17)10(16)4-7(12)6-20-14/h1-6,14H. The van der Waals surface area contributed by atoms with Crippen LogP contribution in [0.1, 0.15) is 11.8 Å². The number of fused-ring (bicyclic) bond motifs is 1. The van der Waals surface area contributed by atoms with Gasteiger partial charge in [0.1, 0.15) is 0 Å². The van der Waals surface area contributed by atoms with Crippen LogP contribution in [0.2, 0.25) is 0 Å². The van der Waals surface area contributed by atoms with Crippen LogP contribution in [-0.2, 0) is 4.74 Å². The first kappa shape index (κ1) is 12.7. The summed E-state index contributed by atoms with van der Waals surface area (Å²) >= 11 is 0. The lowest BCUT2D eigenvalue weighted by atomic mass is 10.1. The van der Waals surface area contributed by atoms with Gasteiger partial charge in [-0.15, -0.1) is 0 Å². The Bertz CT molecular complexity index is 804. The van der Waals surface area contributed by atoms with Crippen LogP contribution in [0.4, 0.5) is 17.6 Å². The Morgan fingerprint density at radius 1 is 0.950 bits per heavy atom. The fourth-order valence-corrected chi connectivity index (χ4v) is 1.91. The molecule has 1 aliphatic rings. The van der Waals surface area contributed by atoms with Gasteiger partial charge in [0.05, 0.1) is 17.2 Å². The van der Waals surface area contributed by atoms with Crippen molar-refractivity contribution in [3.05, 3.63) is 69.7 Å². The number of rotatable bonds is 1. The van der Waals surface area contributed by atoms with E-state index in [1.54, 1.807) is 0 Å². The maximum Gasteiger partial charge on any atom is 0.218 e. The summed E-state index contributed by atoms with van der Waals surface area (Å²) in [5, 5.41) is 0.348. The van der Waals surface area contributed by atoms with E-state index in [0.717, 1.165) is 24.5 Å². The molecule has 2 aromatic rings. The monoisotopic (exact) mass is 281 g/mol. The third-order valence-corrected chi connectivity index (χ3v) is 2.90. The molecule has 0 bridgehead atoms. The molecule has 102 valence electrons. The first-order chi connectivity index (χ1) is 9.56. The van der Waals surface area contributed by atoms with Crippen LogP contribution in [0.5, 0.6) is 0 Å². The lowest BCUT2D eigenvalue weighted by Gasteiger charge is -2.16. The van der Waals surface area contributed by atoms with Gasteiger partial charge in [-0.2, -0.15) is 0 Å². The van der Waals surface area contributed by atoms with Gasteiger partial charge in [0.25, 0.3) is 0 Å². The van der Waals surface area contributed by atoms with Gasteiger partial charge in [0.15, 0.2) is 23.3 Å². The summed E-state index contributed by atoms with van der Waals surface area (Å²) in [4.78, 5) is 3.95. The maximum absolute atomic E-state index is 13.6. The van der Waals surface area contributed by atoms with Gasteiger partial charge in [-0.3, -0.25) is 0 Å². The van der Waals surface area contributed by atoms with Crippen LogP contribution in [0, 0.1) is 23.3 Å². The number of ether oxygens (including phenoxy) is 1. The molecule has 3 rings (SSSR count). The van der Waals surface area contributed by atoms with E-state index in [-0.39, 0.29) is 16.1 Å². The van der Waals surface area contributed by atoms with Crippen molar-refractivity contribution < 1.29 is 22.3 Å². The van der Waals surface area contributed by atoms with Crippen LogP contribution in [0.3, 0.4) is 0 Å². The van der Waals surface area contributed by atoms with Crippen molar-refractivity contribution in [3.8, 4) is 0 Å². The summed E-state index contributed by atoms with van der Waals surface area (Å²) in [5.41, 5.74) is -0.114. The van der Waals surface area contributed by atoms with Crippen molar-refractivity contribution in [1.82, 2.24) is 0 Å². The zero-order valence-electron chi connectivity index (χ0n) is 9.91. The lowest BCUT2D eigenvalue weighted by molar-refractivity contribution is 0.175. The topological polar surface area (TPSA) is 21.6 Å². The summed E-state index contributed by atoms with van der Waals surface area (Å²) in [7, 11) is 0. The van der Waals surface area contributed by atoms with E-state index in [0.29, 0.717) is 0 Å². The second kappa shape index (κ2) is 4.63. The molecule has 1 unspecified atom stereocenters. The zero-order chi connectivity index (χ0) is 14.3. The molecule has 0 saturated heterocycles. The molecule has 2 nitrogen and oxygen atoms in total. The molecule has 1 heterocycles. The molecule has 0 aliphatic carbocycles. The first-order valence-electron chi connectivity index (χ1n) is 5.69. The van der Waals surface area contributed by atoms with Crippen LogP contribution in [0.15, 0.2) is 35.3 Å². The van der Waals surface area contributed by atoms with E-state index >= 15 is 0 Å². The van der Waals surface area contributed by atoms with Gasteiger partial charge in [0.2, 0.25) is 6.23 Å². The largest absolute Gasteiger partial charge is 0.471 e. The highest BCUT2D eigenvalue weighted by molar-refractivity contribution is 5.26. The van der Waals surface area contributed by atoms with Crippen molar-refractivity contribution in [2.45, 2.75) is 6.23 Å². The average Bonchev–Trinajstić information content (AvgIpc) is 2.43. The molecule has 0 radical (unpaired) electrons.